The summed E-state index contributed by atoms with van der Waals surface area (Å²) < 4.78 is 1.48. The minimum atomic E-state index is -0.158. The van der Waals surface area contributed by atoms with E-state index in [0.717, 1.165) is 48.9 Å². The van der Waals surface area contributed by atoms with Gasteiger partial charge < -0.3 is 5.32 Å². The number of rotatable bonds is 6. The highest BCUT2D eigenvalue weighted by molar-refractivity contribution is 5.83. The van der Waals surface area contributed by atoms with Gasteiger partial charge in [0.15, 0.2) is 0 Å². The number of aromatic nitrogens is 2. The van der Waals surface area contributed by atoms with Crippen molar-refractivity contribution in [3.8, 4) is 0 Å². The van der Waals surface area contributed by atoms with Crippen LogP contribution in [0.4, 0.5) is 0 Å². The van der Waals surface area contributed by atoms with Crippen LogP contribution in [0.15, 0.2) is 41.2 Å². The first-order valence-electron chi connectivity index (χ1n) is 9.11. The molecule has 1 aliphatic rings. The Kier molecular flexibility index (Phi) is 5.64. The number of nitrogens with zero attached hydrogens (tertiary/aromatic N) is 2. The maximum Gasteiger partial charge on any atom is 0.267 e. The van der Waals surface area contributed by atoms with Gasteiger partial charge in [-0.1, -0.05) is 37.3 Å². The molecule has 3 rings (SSSR count). The van der Waals surface area contributed by atoms with Crippen molar-refractivity contribution in [3.63, 3.8) is 0 Å². The molecule has 1 atom stereocenters. The average molecular weight is 339 g/mol. The molecule has 132 valence electrons. The van der Waals surface area contributed by atoms with Gasteiger partial charge in [0.2, 0.25) is 5.91 Å². The van der Waals surface area contributed by atoms with Crippen molar-refractivity contribution in [3.05, 3.63) is 63.6 Å². The van der Waals surface area contributed by atoms with Gasteiger partial charge in [0, 0.05) is 12.6 Å². The summed E-state index contributed by atoms with van der Waals surface area (Å²) in [5.74, 6) is -0.158. The third-order valence-corrected chi connectivity index (χ3v) is 4.82. The second-order valence-corrected chi connectivity index (χ2v) is 6.55. The van der Waals surface area contributed by atoms with Crippen LogP contribution < -0.4 is 10.9 Å². The summed E-state index contributed by atoms with van der Waals surface area (Å²) in [6.45, 7) is 2.82. The average Bonchev–Trinajstić information content (AvgIpc) is 2.63. The third-order valence-electron chi connectivity index (χ3n) is 4.82. The van der Waals surface area contributed by atoms with Crippen LogP contribution >= 0.6 is 0 Å². The Morgan fingerprint density at radius 2 is 2.00 bits per heavy atom. The largest absolute Gasteiger partial charge is 0.354 e. The molecule has 0 fully saturated rings. The van der Waals surface area contributed by atoms with E-state index in [1.54, 1.807) is 6.07 Å². The van der Waals surface area contributed by atoms with Gasteiger partial charge in [-0.2, -0.15) is 5.10 Å². The van der Waals surface area contributed by atoms with Crippen LogP contribution in [0.25, 0.3) is 0 Å². The molecule has 1 amide bonds. The monoisotopic (exact) mass is 339 g/mol. The van der Waals surface area contributed by atoms with Crippen LogP contribution in [0.3, 0.4) is 0 Å². The quantitative estimate of drug-likeness (QED) is 0.879. The summed E-state index contributed by atoms with van der Waals surface area (Å²) in [6, 6.07) is 11.5. The predicted octanol–water partition coefficient (Wildman–Crippen LogP) is 2.43. The number of aryl methyl sites for hydroxylation is 2. The molecular weight excluding hydrogens is 314 g/mol. The van der Waals surface area contributed by atoms with Gasteiger partial charge in [0.25, 0.3) is 5.56 Å². The Hall–Kier alpha value is -2.43. The van der Waals surface area contributed by atoms with Gasteiger partial charge in [0.1, 0.15) is 0 Å². The van der Waals surface area contributed by atoms with E-state index in [2.05, 4.69) is 10.4 Å². The van der Waals surface area contributed by atoms with Crippen molar-refractivity contribution in [2.24, 2.45) is 0 Å². The van der Waals surface area contributed by atoms with Crippen LogP contribution in [0.2, 0.25) is 0 Å². The van der Waals surface area contributed by atoms with Crippen molar-refractivity contribution in [2.45, 2.75) is 51.5 Å². The first-order chi connectivity index (χ1) is 12.2. The fourth-order valence-corrected chi connectivity index (χ4v) is 3.43. The third kappa shape index (κ3) is 4.16. The van der Waals surface area contributed by atoms with Gasteiger partial charge in [-0.05, 0) is 43.2 Å². The smallest absolute Gasteiger partial charge is 0.267 e. The van der Waals surface area contributed by atoms with E-state index in [-0.39, 0.29) is 17.4 Å². The minimum absolute atomic E-state index is 0.000269. The van der Waals surface area contributed by atoms with Crippen LogP contribution in [0.1, 0.15) is 48.9 Å². The molecule has 1 heterocycles. The SMILES string of the molecule is CCC(C(=O)NCCn1nc2c(cc1=O)CCCC2)c1ccccc1. The van der Waals surface area contributed by atoms with E-state index in [9.17, 15) is 9.59 Å². The van der Waals surface area contributed by atoms with Gasteiger partial charge in [0.05, 0.1) is 18.2 Å². The number of hydrogen-bond acceptors (Lipinski definition) is 3. The van der Waals surface area contributed by atoms with E-state index in [1.165, 1.54) is 4.68 Å². The Morgan fingerprint density at radius 3 is 2.76 bits per heavy atom. The number of benzene rings is 1. The lowest BCUT2D eigenvalue weighted by Crippen LogP contribution is -2.35. The molecule has 0 saturated heterocycles. The lowest BCUT2D eigenvalue weighted by molar-refractivity contribution is -0.122. The maximum atomic E-state index is 12.5. The van der Waals surface area contributed by atoms with E-state index < -0.39 is 0 Å². The number of carbonyl (C=O) groups is 1. The maximum absolute atomic E-state index is 12.5. The molecular formula is C20H25N3O2. The first kappa shape index (κ1) is 17.4. The summed E-state index contributed by atoms with van der Waals surface area (Å²) in [7, 11) is 0. The molecule has 0 bridgehead atoms. The number of hydrogen-bond donors (Lipinski definition) is 1. The molecule has 0 spiro atoms. The highest BCUT2D eigenvalue weighted by Crippen LogP contribution is 2.19. The van der Waals surface area contributed by atoms with Crippen LogP contribution in [-0.4, -0.2) is 22.2 Å². The predicted molar refractivity (Wildman–Crippen MR) is 97.6 cm³/mol. The molecule has 1 aromatic heterocycles. The highest BCUT2D eigenvalue weighted by Gasteiger charge is 2.18. The fourth-order valence-electron chi connectivity index (χ4n) is 3.43. The molecule has 1 unspecified atom stereocenters. The standard InChI is InChI=1S/C20H25N3O2/c1-2-17(15-8-4-3-5-9-15)20(25)21-12-13-23-19(24)14-16-10-6-7-11-18(16)22-23/h3-5,8-9,14,17H,2,6-7,10-13H2,1H3,(H,21,25). The van der Waals surface area contributed by atoms with Crippen molar-refractivity contribution >= 4 is 5.91 Å². The normalized spacial score (nSPS) is 14.6. The van der Waals surface area contributed by atoms with Crippen molar-refractivity contribution in [1.82, 2.24) is 15.1 Å². The molecule has 1 N–H and O–H groups in total. The van der Waals surface area contributed by atoms with Crippen LogP contribution in [0, 0.1) is 0 Å². The van der Waals surface area contributed by atoms with Crippen LogP contribution in [0.5, 0.6) is 0 Å². The molecule has 0 radical (unpaired) electrons. The Bertz CT molecular complexity index is 783. The number of carbonyl (C=O) groups excluding carboxylic acids is 1. The summed E-state index contributed by atoms with van der Waals surface area (Å²) in [5.41, 5.74) is 3.07. The number of fused-ring (bicyclic) bond motifs is 1. The topological polar surface area (TPSA) is 64.0 Å². The van der Waals surface area contributed by atoms with Crippen molar-refractivity contribution < 1.29 is 4.79 Å². The zero-order valence-corrected chi connectivity index (χ0v) is 14.7. The Morgan fingerprint density at radius 1 is 1.24 bits per heavy atom. The molecule has 5 heteroatoms. The number of nitrogens with one attached hydrogen (secondary N) is 1. The van der Waals surface area contributed by atoms with Gasteiger partial charge >= 0.3 is 0 Å². The highest BCUT2D eigenvalue weighted by atomic mass is 16.2. The molecule has 25 heavy (non-hydrogen) atoms. The first-order valence-corrected chi connectivity index (χ1v) is 9.11. The molecule has 0 aliphatic heterocycles. The summed E-state index contributed by atoms with van der Waals surface area (Å²) in [6.07, 6.45) is 4.89. The molecule has 5 nitrogen and oxygen atoms in total. The molecule has 0 saturated carbocycles. The Balaban J connectivity index is 1.61. The van der Waals surface area contributed by atoms with Crippen molar-refractivity contribution in [1.29, 1.82) is 0 Å². The fraction of sp³-hybridized carbons (Fsp3) is 0.450. The van der Waals surface area contributed by atoms with E-state index in [0.29, 0.717) is 13.1 Å². The zero-order valence-electron chi connectivity index (χ0n) is 14.7. The van der Waals surface area contributed by atoms with Crippen LogP contribution in [-0.2, 0) is 24.2 Å². The summed E-state index contributed by atoms with van der Waals surface area (Å²) in [4.78, 5) is 24.6. The van der Waals surface area contributed by atoms with Gasteiger partial charge in [-0.25, -0.2) is 4.68 Å². The molecule has 2 aromatic rings. The summed E-state index contributed by atoms with van der Waals surface area (Å²) >= 11 is 0. The molecule has 1 aliphatic carbocycles. The van der Waals surface area contributed by atoms with Crippen molar-refractivity contribution in [2.75, 3.05) is 6.54 Å². The summed E-state index contributed by atoms with van der Waals surface area (Å²) in [5, 5.41) is 7.43. The second-order valence-electron chi connectivity index (χ2n) is 6.55. The van der Waals surface area contributed by atoms with E-state index in [1.807, 2.05) is 37.3 Å². The lowest BCUT2D eigenvalue weighted by atomic mass is 9.96. The second kappa shape index (κ2) is 8.10. The zero-order chi connectivity index (χ0) is 17.6. The molecule has 1 aromatic carbocycles. The van der Waals surface area contributed by atoms with E-state index in [4.69, 9.17) is 0 Å². The minimum Gasteiger partial charge on any atom is -0.354 e. The Labute approximate surface area is 148 Å². The number of amides is 1. The van der Waals surface area contributed by atoms with Gasteiger partial charge in [-0.3, -0.25) is 9.59 Å². The van der Waals surface area contributed by atoms with Gasteiger partial charge in [-0.15, -0.1) is 0 Å². The lowest BCUT2D eigenvalue weighted by Gasteiger charge is -2.17. The van der Waals surface area contributed by atoms with E-state index >= 15 is 0 Å².